The van der Waals surface area contributed by atoms with E-state index in [1.165, 1.54) is 12.1 Å². The van der Waals surface area contributed by atoms with Crippen LogP contribution in [-0.2, 0) is 13.1 Å². The second kappa shape index (κ2) is 6.25. The van der Waals surface area contributed by atoms with Crippen molar-refractivity contribution in [2.75, 3.05) is 0 Å². The first-order valence-electron chi connectivity index (χ1n) is 6.26. The van der Waals surface area contributed by atoms with Crippen LogP contribution in [0.2, 0.25) is 0 Å². The van der Waals surface area contributed by atoms with E-state index < -0.39 is 10.7 Å². The molecule has 0 atom stereocenters. The average molecular weight is 274 g/mol. The van der Waals surface area contributed by atoms with Crippen molar-refractivity contribution in [3.63, 3.8) is 0 Å². The standard InChI is InChI=1S/C15H15FN2O2/c1-11-4-2-3-5-12(11)9-17-10-13-8-14(16)6-7-15(13)18(19)20/h2-8,17H,9-10H2,1H3. The van der Waals surface area contributed by atoms with Crippen molar-refractivity contribution in [2.45, 2.75) is 20.0 Å². The normalized spacial score (nSPS) is 10.5. The van der Waals surface area contributed by atoms with Gasteiger partial charge < -0.3 is 5.32 Å². The van der Waals surface area contributed by atoms with Gasteiger partial charge in [0.15, 0.2) is 0 Å². The lowest BCUT2D eigenvalue weighted by Gasteiger charge is -2.08. The van der Waals surface area contributed by atoms with E-state index in [0.717, 1.165) is 17.2 Å². The number of rotatable bonds is 5. The number of nitrogens with one attached hydrogen (secondary N) is 1. The molecule has 5 heteroatoms. The quantitative estimate of drug-likeness (QED) is 0.672. The molecule has 0 saturated carbocycles. The van der Waals surface area contributed by atoms with Gasteiger partial charge in [-0.15, -0.1) is 0 Å². The Morgan fingerprint density at radius 2 is 1.85 bits per heavy atom. The summed E-state index contributed by atoms with van der Waals surface area (Å²) < 4.78 is 13.2. The van der Waals surface area contributed by atoms with Crippen LogP contribution in [0.1, 0.15) is 16.7 Å². The molecule has 20 heavy (non-hydrogen) atoms. The molecular weight excluding hydrogens is 259 g/mol. The van der Waals surface area contributed by atoms with Crippen LogP contribution < -0.4 is 5.32 Å². The largest absolute Gasteiger partial charge is 0.308 e. The molecule has 2 rings (SSSR count). The van der Waals surface area contributed by atoms with Crippen LogP contribution in [0.5, 0.6) is 0 Å². The van der Waals surface area contributed by atoms with Gasteiger partial charge in [0.1, 0.15) is 5.82 Å². The molecule has 1 N–H and O–H groups in total. The summed E-state index contributed by atoms with van der Waals surface area (Å²) in [6, 6.07) is 11.4. The van der Waals surface area contributed by atoms with Gasteiger partial charge in [-0.1, -0.05) is 24.3 Å². The van der Waals surface area contributed by atoms with Gasteiger partial charge in [0, 0.05) is 24.7 Å². The van der Waals surface area contributed by atoms with Crippen molar-refractivity contribution >= 4 is 5.69 Å². The van der Waals surface area contributed by atoms with E-state index in [1.807, 2.05) is 31.2 Å². The van der Waals surface area contributed by atoms with Crippen LogP contribution in [0.15, 0.2) is 42.5 Å². The number of nitro groups is 1. The lowest BCUT2D eigenvalue weighted by Crippen LogP contribution is -2.14. The first-order chi connectivity index (χ1) is 9.58. The van der Waals surface area contributed by atoms with Gasteiger partial charge in [0.2, 0.25) is 0 Å². The van der Waals surface area contributed by atoms with Gasteiger partial charge >= 0.3 is 0 Å². The van der Waals surface area contributed by atoms with Crippen molar-refractivity contribution in [2.24, 2.45) is 0 Å². The molecule has 0 bridgehead atoms. The summed E-state index contributed by atoms with van der Waals surface area (Å²) in [4.78, 5) is 10.4. The van der Waals surface area contributed by atoms with Crippen LogP contribution in [0, 0.1) is 22.9 Å². The second-order valence-corrected chi connectivity index (χ2v) is 4.56. The SMILES string of the molecule is Cc1ccccc1CNCc1cc(F)ccc1[N+](=O)[O-]. The summed E-state index contributed by atoms with van der Waals surface area (Å²) in [5, 5.41) is 14.0. The van der Waals surface area contributed by atoms with Crippen molar-refractivity contribution in [1.82, 2.24) is 5.32 Å². The fourth-order valence-corrected chi connectivity index (χ4v) is 2.01. The molecule has 0 aliphatic rings. The maximum absolute atomic E-state index is 13.2. The van der Waals surface area contributed by atoms with Crippen molar-refractivity contribution < 1.29 is 9.31 Å². The van der Waals surface area contributed by atoms with E-state index in [2.05, 4.69) is 5.32 Å². The number of halogens is 1. The highest BCUT2D eigenvalue weighted by atomic mass is 19.1. The monoisotopic (exact) mass is 274 g/mol. The number of nitrogens with zero attached hydrogens (tertiary/aromatic N) is 1. The van der Waals surface area contributed by atoms with E-state index in [1.54, 1.807) is 0 Å². The van der Waals surface area contributed by atoms with E-state index in [-0.39, 0.29) is 12.2 Å². The van der Waals surface area contributed by atoms with Crippen LogP contribution in [0.4, 0.5) is 10.1 Å². The Morgan fingerprint density at radius 3 is 2.55 bits per heavy atom. The van der Waals surface area contributed by atoms with Crippen molar-refractivity contribution in [3.05, 3.63) is 75.1 Å². The molecule has 0 amide bonds. The smallest absolute Gasteiger partial charge is 0.274 e. The van der Waals surface area contributed by atoms with E-state index in [0.29, 0.717) is 12.1 Å². The zero-order valence-corrected chi connectivity index (χ0v) is 11.1. The van der Waals surface area contributed by atoms with Crippen molar-refractivity contribution in [3.8, 4) is 0 Å². The number of hydrogen-bond acceptors (Lipinski definition) is 3. The fraction of sp³-hybridized carbons (Fsp3) is 0.200. The van der Waals surface area contributed by atoms with Gasteiger partial charge in [-0.2, -0.15) is 0 Å². The molecule has 0 fully saturated rings. The molecule has 104 valence electrons. The number of benzene rings is 2. The van der Waals surface area contributed by atoms with Gasteiger partial charge in [0.25, 0.3) is 5.69 Å². The Kier molecular flexibility index (Phi) is 4.42. The number of hydrogen-bond donors (Lipinski definition) is 1. The minimum Gasteiger partial charge on any atom is -0.308 e. The van der Waals surface area contributed by atoms with Gasteiger partial charge in [-0.3, -0.25) is 10.1 Å². The maximum Gasteiger partial charge on any atom is 0.274 e. The third-order valence-electron chi connectivity index (χ3n) is 3.13. The molecule has 0 aliphatic heterocycles. The molecule has 0 saturated heterocycles. The molecule has 2 aromatic rings. The lowest BCUT2D eigenvalue weighted by molar-refractivity contribution is -0.385. The Morgan fingerprint density at radius 1 is 1.15 bits per heavy atom. The van der Waals surface area contributed by atoms with Gasteiger partial charge in [-0.25, -0.2) is 4.39 Å². The molecule has 4 nitrogen and oxygen atoms in total. The third kappa shape index (κ3) is 3.39. The highest BCUT2D eigenvalue weighted by Crippen LogP contribution is 2.19. The maximum atomic E-state index is 13.2. The topological polar surface area (TPSA) is 55.2 Å². The predicted octanol–water partition coefficient (Wildman–Crippen LogP) is 3.33. The summed E-state index contributed by atoms with van der Waals surface area (Å²) in [5.74, 6) is -0.469. The first-order valence-corrected chi connectivity index (χ1v) is 6.26. The molecule has 0 spiro atoms. The average Bonchev–Trinajstić information content (AvgIpc) is 2.41. The molecule has 0 aliphatic carbocycles. The lowest BCUT2D eigenvalue weighted by atomic mass is 10.1. The second-order valence-electron chi connectivity index (χ2n) is 4.56. The Balaban J connectivity index is 2.06. The van der Waals surface area contributed by atoms with Gasteiger partial charge in [-0.05, 0) is 30.2 Å². The summed E-state index contributed by atoms with van der Waals surface area (Å²) in [7, 11) is 0. The minimum atomic E-state index is -0.496. The highest BCUT2D eigenvalue weighted by molar-refractivity contribution is 5.40. The molecule has 2 aromatic carbocycles. The van der Waals surface area contributed by atoms with Crippen molar-refractivity contribution in [1.29, 1.82) is 0 Å². The summed E-state index contributed by atoms with van der Waals surface area (Å²) in [6.45, 7) is 2.84. The molecule has 0 aromatic heterocycles. The summed E-state index contributed by atoms with van der Waals surface area (Å²) >= 11 is 0. The summed E-state index contributed by atoms with van der Waals surface area (Å²) in [6.07, 6.45) is 0. The predicted molar refractivity (Wildman–Crippen MR) is 74.8 cm³/mol. The Hall–Kier alpha value is -2.27. The molecule has 0 heterocycles. The van der Waals surface area contributed by atoms with E-state index in [9.17, 15) is 14.5 Å². The number of aryl methyl sites for hydroxylation is 1. The van der Waals surface area contributed by atoms with E-state index >= 15 is 0 Å². The zero-order valence-electron chi connectivity index (χ0n) is 11.1. The fourth-order valence-electron chi connectivity index (χ4n) is 2.01. The third-order valence-corrected chi connectivity index (χ3v) is 3.13. The van der Waals surface area contributed by atoms with Gasteiger partial charge in [0.05, 0.1) is 4.92 Å². The van der Waals surface area contributed by atoms with Crippen LogP contribution in [0.25, 0.3) is 0 Å². The molecule has 0 radical (unpaired) electrons. The molecule has 0 unspecified atom stereocenters. The van der Waals surface area contributed by atoms with Crippen LogP contribution in [-0.4, -0.2) is 4.92 Å². The zero-order chi connectivity index (χ0) is 14.5. The highest BCUT2D eigenvalue weighted by Gasteiger charge is 2.13. The Labute approximate surface area is 116 Å². The first kappa shape index (κ1) is 14.1. The summed E-state index contributed by atoms with van der Waals surface area (Å²) in [5.41, 5.74) is 2.55. The van der Waals surface area contributed by atoms with E-state index in [4.69, 9.17) is 0 Å². The van der Waals surface area contributed by atoms with Crippen LogP contribution in [0.3, 0.4) is 0 Å². The number of nitro benzene ring substituents is 1. The minimum absolute atomic E-state index is 0.0660. The Bertz CT molecular complexity index is 629. The van der Waals surface area contributed by atoms with Crippen LogP contribution >= 0.6 is 0 Å². The molecular formula is C15H15FN2O2.